The fourth-order valence-electron chi connectivity index (χ4n) is 6.48. The standard InChI is InChI=1S/C34H56N6O9S/c35-28-48-25-15-6-4-13-22-39-32(42)38(33(43)40(34(39)44)23-14-5-7-16-26-49-29-36)21-12-3-1-2-11-20-31(41)37(24-17-27-50(45,46)47)30-18-9-8-10-19-30/h30H,1-27H2,(H,45,46,47)/p-1. The maximum atomic E-state index is 13.3. The molecular weight excluding hydrogens is 668 g/mol. The molecule has 282 valence electrons. The van der Waals surface area contributed by atoms with Crippen molar-refractivity contribution in [3.63, 3.8) is 0 Å². The minimum Gasteiger partial charge on any atom is -0.748 e. The van der Waals surface area contributed by atoms with Crippen LogP contribution >= 0.6 is 0 Å². The predicted octanol–water partition coefficient (Wildman–Crippen LogP) is 3.73. The zero-order valence-corrected chi connectivity index (χ0v) is 30.3. The molecule has 1 heterocycles. The normalized spacial score (nSPS) is 13.4. The molecule has 0 aromatic carbocycles. The van der Waals surface area contributed by atoms with E-state index in [0.717, 1.165) is 90.8 Å². The first-order valence-corrected chi connectivity index (χ1v) is 19.9. The zero-order valence-electron chi connectivity index (χ0n) is 29.4. The van der Waals surface area contributed by atoms with Crippen molar-refractivity contribution < 1.29 is 27.2 Å². The molecule has 1 saturated carbocycles. The van der Waals surface area contributed by atoms with Crippen LogP contribution in [0.2, 0.25) is 0 Å². The smallest absolute Gasteiger partial charge is 0.336 e. The van der Waals surface area contributed by atoms with Gasteiger partial charge in [-0.15, -0.1) is 0 Å². The highest BCUT2D eigenvalue weighted by Gasteiger charge is 2.25. The summed E-state index contributed by atoms with van der Waals surface area (Å²) in [5.41, 5.74) is -1.84. The van der Waals surface area contributed by atoms with Gasteiger partial charge in [0.25, 0.3) is 12.5 Å². The number of carbonyl (C=O) groups is 1. The van der Waals surface area contributed by atoms with Crippen molar-refractivity contribution in [3.8, 4) is 12.5 Å². The number of amides is 1. The first kappa shape index (κ1) is 42.5. The molecule has 0 N–H and O–H groups in total. The predicted molar refractivity (Wildman–Crippen MR) is 185 cm³/mol. The largest absolute Gasteiger partial charge is 0.748 e. The highest BCUT2D eigenvalue weighted by atomic mass is 32.2. The van der Waals surface area contributed by atoms with E-state index in [1.165, 1.54) is 0 Å². The van der Waals surface area contributed by atoms with Crippen LogP contribution in [-0.4, -0.2) is 69.0 Å². The first-order valence-electron chi connectivity index (χ1n) is 18.3. The molecule has 50 heavy (non-hydrogen) atoms. The van der Waals surface area contributed by atoms with Gasteiger partial charge in [0, 0.05) is 44.4 Å². The van der Waals surface area contributed by atoms with Crippen molar-refractivity contribution in [2.24, 2.45) is 0 Å². The summed E-state index contributed by atoms with van der Waals surface area (Å²) in [5, 5.41) is 17.0. The molecule has 1 aliphatic rings. The Balaban J connectivity index is 1.94. The quantitative estimate of drug-likeness (QED) is 0.0725. The topological polar surface area (TPSA) is 210 Å². The van der Waals surface area contributed by atoms with E-state index in [1.54, 1.807) is 17.4 Å². The molecule has 1 aromatic rings. The fraction of sp³-hybridized carbons (Fsp3) is 0.824. The Kier molecular flexibility index (Phi) is 20.8. The molecule has 0 unspecified atom stereocenters. The Morgan fingerprint density at radius 3 is 1.54 bits per heavy atom. The van der Waals surface area contributed by atoms with Gasteiger partial charge < -0.3 is 18.9 Å². The van der Waals surface area contributed by atoms with Crippen molar-refractivity contribution in [2.75, 3.05) is 25.5 Å². The van der Waals surface area contributed by atoms with E-state index in [1.807, 2.05) is 0 Å². The number of hydrogen-bond donors (Lipinski definition) is 0. The van der Waals surface area contributed by atoms with Crippen molar-refractivity contribution in [3.05, 3.63) is 31.5 Å². The van der Waals surface area contributed by atoms with Crippen molar-refractivity contribution >= 4 is 16.0 Å². The Morgan fingerprint density at radius 2 is 1.10 bits per heavy atom. The molecule has 0 saturated heterocycles. The van der Waals surface area contributed by atoms with Gasteiger partial charge in [-0.1, -0.05) is 51.4 Å². The summed E-state index contributed by atoms with van der Waals surface area (Å²) >= 11 is 0. The van der Waals surface area contributed by atoms with Gasteiger partial charge in [0.1, 0.15) is 13.2 Å². The molecule has 0 atom stereocenters. The number of unbranched alkanes of at least 4 members (excludes halogenated alkanes) is 10. The molecule has 1 fully saturated rings. The lowest BCUT2D eigenvalue weighted by Gasteiger charge is -2.34. The van der Waals surface area contributed by atoms with Crippen LogP contribution in [0, 0.1) is 23.0 Å². The molecule has 1 aromatic heterocycles. The molecule has 1 aliphatic carbocycles. The fourth-order valence-corrected chi connectivity index (χ4v) is 6.96. The minimum absolute atomic E-state index is 0.0134. The van der Waals surface area contributed by atoms with Gasteiger partial charge in [0.2, 0.25) is 5.91 Å². The SMILES string of the molecule is N#COCCCCCCn1c(=O)n(CCCCCCCC(=O)N(CCCS(=O)(=O)[O-])C2CCCCC2)c(=O)n(CCCCCCOC#N)c1=O. The maximum absolute atomic E-state index is 13.3. The van der Waals surface area contributed by atoms with Crippen LogP contribution in [0.3, 0.4) is 0 Å². The summed E-state index contributed by atoms with van der Waals surface area (Å²) in [5.74, 6) is -0.490. The van der Waals surface area contributed by atoms with Crippen LogP contribution in [0.15, 0.2) is 14.4 Å². The van der Waals surface area contributed by atoms with Gasteiger partial charge in [-0.05, 0) is 70.6 Å². The van der Waals surface area contributed by atoms with Crippen LogP contribution in [0.5, 0.6) is 0 Å². The lowest BCUT2D eigenvalue weighted by molar-refractivity contribution is -0.134. The summed E-state index contributed by atoms with van der Waals surface area (Å²) in [6, 6.07) is 0.0873. The van der Waals surface area contributed by atoms with Crippen molar-refractivity contribution in [1.82, 2.24) is 18.6 Å². The van der Waals surface area contributed by atoms with E-state index >= 15 is 0 Å². The first-order chi connectivity index (χ1) is 24.1. The second-order valence-electron chi connectivity index (χ2n) is 13.0. The van der Waals surface area contributed by atoms with E-state index < -0.39 is 32.9 Å². The average molecular weight is 724 g/mol. The summed E-state index contributed by atoms with van der Waals surface area (Å²) in [7, 11) is -4.33. The van der Waals surface area contributed by atoms with E-state index in [2.05, 4.69) is 9.47 Å². The maximum Gasteiger partial charge on any atom is 0.336 e. The number of aromatic nitrogens is 3. The Labute approximate surface area is 295 Å². The molecule has 0 spiro atoms. The van der Waals surface area contributed by atoms with E-state index in [4.69, 9.17) is 10.5 Å². The summed E-state index contributed by atoms with van der Waals surface area (Å²) in [6.45, 7) is 1.45. The van der Waals surface area contributed by atoms with Crippen LogP contribution in [0.25, 0.3) is 0 Å². The highest BCUT2D eigenvalue weighted by molar-refractivity contribution is 7.85. The highest BCUT2D eigenvalue weighted by Crippen LogP contribution is 2.24. The van der Waals surface area contributed by atoms with Gasteiger partial charge in [0.15, 0.2) is 0 Å². The molecule has 0 radical (unpaired) electrons. The van der Waals surface area contributed by atoms with Crippen LogP contribution < -0.4 is 17.1 Å². The molecule has 15 nitrogen and oxygen atoms in total. The minimum atomic E-state index is -4.33. The third-order valence-corrected chi connectivity index (χ3v) is 9.96. The number of rotatable bonds is 27. The number of ether oxygens (including phenoxy) is 2. The third kappa shape index (κ3) is 16.4. The monoisotopic (exact) mass is 723 g/mol. The van der Waals surface area contributed by atoms with Gasteiger partial charge in [-0.2, -0.15) is 10.5 Å². The lowest BCUT2D eigenvalue weighted by atomic mass is 9.93. The van der Waals surface area contributed by atoms with Gasteiger partial charge >= 0.3 is 17.1 Å². The molecule has 0 aliphatic heterocycles. The summed E-state index contributed by atoms with van der Waals surface area (Å²) in [4.78, 5) is 54.8. The second kappa shape index (κ2) is 24.5. The van der Waals surface area contributed by atoms with Crippen molar-refractivity contribution in [2.45, 2.75) is 154 Å². The second-order valence-corrected chi connectivity index (χ2v) is 14.5. The summed E-state index contributed by atoms with van der Waals surface area (Å²) in [6.07, 6.45) is 17.7. The third-order valence-electron chi connectivity index (χ3n) is 9.17. The number of carbonyl (C=O) groups excluding carboxylic acids is 1. The van der Waals surface area contributed by atoms with Gasteiger partial charge in [-0.25, -0.2) is 36.5 Å². The van der Waals surface area contributed by atoms with Gasteiger partial charge in [-0.3, -0.25) is 4.79 Å². The van der Waals surface area contributed by atoms with Crippen LogP contribution in [0.1, 0.15) is 128 Å². The van der Waals surface area contributed by atoms with E-state index in [9.17, 15) is 32.1 Å². The van der Waals surface area contributed by atoms with Gasteiger partial charge in [0.05, 0.1) is 10.1 Å². The van der Waals surface area contributed by atoms with E-state index in [-0.39, 0.29) is 44.5 Å². The van der Waals surface area contributed by atoms with Crippen LogP contribution in [-0.2, 0) is 44.0 Å². The Hall–Kier alpha value is -3.63. The molecule has 0 bridgehead atoms. The number of hydrogen-bond acceptors (Lipinski definition) is 11. The lowest BCUT2D eigenvalue weighted by Crippen LogP contribution is -2.54. The molecular formula is C34H55N6O9S-. The average Bonchev–Trinajstić information content (AvgIpc) is 3.09. The van der Waals surface area contributed by atoms with E-state index in [0.29, 0.717) is 58.2 Å². The summed E-state index contributed by atoms with van der Waals surface area (Å²) < 4.78 is 46.0. The van der Waals surface area contributed by atoms with Crippen LogP contribution in [0.4, 0.5) is 0 Å². The molecule has 1 amide bonds. The Bertz CT molecular complexity index is 1450. The molecule has 16 heteroatoms. The van der Waals surface area contributed by atoms with Crippen molar-refractivity contribution in [1.29, 1.82) is 10.5 Å². The number of nitriles is 2. The zero-order chi connectivity index (χ0) is 36.6. The Morgan fingerprint density at radius 1 is 0.680 bits per heavy atom. The number of nitrogens with zero attached hydrogens (tertiary/aromatic N) is 6. The molecule has 2 rings (SSSR count).